The van der Waals surface area contributed by atoms with Gasteiger partial charge in [-0.05, 0) is 42.8 Å². The highest BCUT2D eigenvalue weighted by molar-refractivity contribution is 9.10. The van der Waals surface area contributed by atoms with Crippen molar-refractivity contribution in [1.29, 1.82) is 0 Å². The molecule has 0 fully saturated rings. The van der Waals surface area contributed by atoms with Crippen molar-refractivity contribution in [2.75, 3.05) is 6.61 Å². The lowest BCUT2D eigenvalue weighted by molar-refractivity contribution is 0.0511. The van der Waals surface area contributed by atoms with Gasteiger partial charge in [-0.3, -0.25) is 4.79 Å². The molecule has 0 aliphatic rings. The molecule has 1 heterocycles. The van der Waals surface area contributed by atoms with Gasteiger partial charge in [-0.15, -0.1) is 0 Å². The van der Waals surface area contributed by atoms with Crippen molar-refractivity contribution in [2.24, 2.45) is 0 Å². The first-order valence-corrected chi connectivity index (χ1v) is 9.59. The van der Waals surface area contributed by atoms with Crippen LogP contribution in [0.3, 0.4) is 0 Å². The average Bonchev–Trinajstić information content (AvgIpc) is 2.66. The Balaban J connectivity index is 2.00. The first-order chi connectivity index (χ1) is 13.5. The predicted octanol–water partition coefficient (Wildman–Crippen LogP) is 4.40. The summed E-state index contributed by atoms with van der Waals surface area (Å²) in [4.78, 5) is 25.0. The number of esters is 1. The van der Waals surface area contributed by atoms with Gasteiger partial charge in [0.25, 0.3) is 5.56 Å². The van der Waals surface area contributed by atoms with E-state index < -0.39 is 11.5 Å². The molecule has 144 valence electrons. The molecule has 0 aliphatic carbocycles. The maximum absolute atomic E-state index is 12.6. The van der Waals surface area contributed by atoms with Gasteiger partial charge in [-0.1, -0.05) is 45.7 Å². The van der Waals surface area contributed by atoms with Crippen LogP contribution in [-0.2, 0) is 11.3 Å². The highest BCUT2D eigenvalue weighted by Crippen LogP contribution is 2.20. The smallest absolute Gasteiger partial charge is 0.362 e. The van der Waals surface area contributed by atoms with Crippen LogP contribution < -0.4 is 10.3 Å². The van der Waals surface area contributed by atoms with Crippen LogP contribution in [0.25, 0.3) is 5.69 Å². The molecule has 6 nitrogen and oxygen atoms in total. The Labute approximate surface area is 174 Å². The minimum atomic E-state index is -0.674. The molecule has 0 amide bonds. The maximum Gasteiger partial charge on any atom is 0.362 e. The minimum Gasteiger partial charge on any atom is -0.486 e. The number of carbonyl (C=O) groups excluding carboxylic acids is 1. The van der Waals surface area contributed by atoms with E-state index in [1.54, 1.807) is 43.3 Å². The topological polar surface area (TPSA) is 70.4 Å². The lowest BCUT2D eigenvalue weighted by Crippen LogP contribution is -2.25. The molecule has 28 heavy (non-hydrogen) atoms. The van der Waals surface area contributed by atoms with Crippen LogP contribution in [0.4, 0.5) is 0 Å². The number of rotatable bonds is 6. The van der Waals surface area contributed by atoms with Crippen LogP contribution in [0.15, 0.2) is 63.9 Å². The molecule has 0 aliphatic heterocycles. The molecule has 0 saturated heterocycles. The second-order valence-electron chi connectivity index (χ2n) is 5.73. The minimum absolute atomic E-state index is 0.0506. The molecule has 0 bridgehead atoms. The van der Waals surface area contributed by atoms with Crippen molar-refractivity contribution in [3.05, 3.63) is 85.7 Å². The summed E-state index contributed by atoms with van der Waals surface area (Å²) in [7, 11) is 0. The number of halogens is 2. The summed E-state index contributed by atoms with van der Waals surface area (Å²) in [6, 6.07) is 15.3. The van der Waals surface area contributed by atoms with Crippen molar-refractivity contribution in [1.82, 2.24) is 9.78 Å². The monoisotopic (exact) mass is 462 g/mol. The molecule has 3 aromatic rings. The van der Waals surface area contributed by atoms with Crippen molar-refractivity contribution in [2.45, 2.75) is 13.5 Å². The quantitative estimate of drug-likeness (QED) is 0.507. The van der Waals surface area contributed by atoms with Gasteiger partial charge in [-0.2, -0.15) is 9.78 Å². The van der Waals surface area contributed by atoms with Crippen molar-refractivity contribution in [3.8, 4) is 11.4 Å². The zero-order valence-electron chi connectivity index (χ0n) is 14.9. The third-order valence-electron chi connectivity index (χ3n) is 3.70. The number of benzene rings is 2. The Hall–Kier alpha value is -2.64. The van der Waals surface area contributed by atoms with Crippen LogP contribution in [0.5, 0.6) is 5.75 Å². The summed E-state index contributed by atoms with van der Waals surface area (Å²) in [6.07, 6.45) is 0. The first kappa shape index (κ1) is 20.1. The third-order valence-corrected chi connectivity index (χ3v) is 4.43. The first-order valence-electron chi connectivity index (χ1n) is 8.42. The largest absolute Gasteiger partial charge is 0.486 e. The van der Waals surface area contributed by atoms with Crippen molar-refractivity contribution < 1.29 is 14.3 Å². The number of carbonyl (C=O) groups is 1. The van der Waals surface area contributed by atoms with Crippen LogP contribution in [0.1, 0.15) is 23.0 Å². The average molecular weight is 464 g/mol. The Morgan fingerprint density at radius 2 is 1.96 bits per heavy atom. The summed E-state index contributed by atoms with van der Waals surface area (Å²) in [5, 5.41) is 4.75. The fourth-order valence-electron chi connectivity index (χ4n) is 2.47. The summed E-state index contributed by atoms with van der Waals surface area (Å²) < 4.78 is 12.7. The fourth-order valence-corrected chi connectivity index (χ4v) is 3.07. The van der Waals surface area contributed by atoms with E-state index in [-0.39, 0.29) is 24.7 Å². The second kappa shape index (κ2) is 9.03. The van der Waals surface area contributed by atoms with Gasteiger partial charge in [0.05, 0.1) is 18.4 Å². The van der Waals surface area contributed by atoms with Crippen LogP contribution >= 0.6 is 27.5 Å². The Morgan fingerprint density at radius 1 is 1.18 bits per heavy atom. The van der Waals surface area contributed by atoms with E-state index in [1.807, 2.05) is 12.1 Å². The van der Waals surface area contributed by atoms with E-state index >= 15 is 0 Å². The van der Waals surface area contributed by atoms with Crippen molar-refractivity contribution >= 4 is 33.5 Å². The molecule has 8 heteroatoms. The lowest BCUT2D eigenvalue weighted by atomic mass is 10.2. The van der Waals surface area contributed by atoms with Gasteiger partial charge >= 0.3 is 5.97 Å². The summed E-state index contributed by atoms with van der Waals surface area (Å²) >= 11 is 9.33. The summed E-state index contributed by atoms with van der Waals surface area (Å²) in [5.41, 5.74) is 0.778. The van der Waals surface area contributed by atoms with E-state index in [2.05, 4.69) is 21.0 Å². The maximum atomic E-state index is 12.6. The molecule has 0 spiro atoms. The predicted molar refractivity (Wildman–Crippen MR) is 109 cm³/mol. The molecule has 0 atom stereocenters. The van der Waals surface area contributed by atoms with Crippen molar-refractivity contribution in [3.63, 3.8) is 0 Å². The molecular weight excluding hydrogens is 448 g/mol. The molecule has 0 N–H and O–H groups in total. The fraction of sp³-hybridized carbons (Fsp3) is 0.150. The molecule has 2 aromatic carbocycles. The van der Waals surface area contributed by atoms with E-state index in [4.69, 9.17) is 21.1 Å². The number of nitrogens with zero attached hydrogens (tertiary/aromatic N) is 2. The van der Waals surface area contributed by atoms with E-state index in [0.29, 0.717) is 10.7 Å². The summed E-state index contributed by atoms with van der Waals surface area (Å²) in [5.74, 6) is -0.623. The molecule has 0 saturated carbocycles. The molecule has 0 unspecified atom stereocenters. The van der Waals surface area contributed by atoms with Gasteiger partial charge in [-0.25, -0.2) is 4.79 Å². The standard InChI is InChI=1S/C20H16BrClN2O4/c1-2-27-20(26)19-17(28-12-13-5-3-7-15(22)9-13)11-18(25)24(23-19)16-8-4-6-14(21)10-16/h3-11H,2,12H2,1H3. The lowest BCUT2D eigenvalue weighted by Gasteiger charge is -2.13. The third kappa shape index (κ3) is 4.79. The van der Waals surface area contributed by atoms with E-state index in [9.17, 15) is 9.59 Å². The number of hydrogen-bond donors (Lipinski definition) is 0. The van der Waals surface area contributed by atoms with Crippen LogP contribution in [-0.4, -0.2) is 22.4 Å². The SMILES string of the molecule is CCOC(=O)c1nn(-c2cccc(Br)c2)c(=O)cc1OCc1cccc(Cl)c1. The Morgan fingerprint density at radius 3 is 2.68 bits per heavy atom. The molecule has 3 rings (SSSR count). The van der Waals surface area contributed by atoms with E-state index in [0.717, 1.165) is 14.7 Å². The number of ether oxygens (including phenoxy) is 2. The van der Waals surface area contributed by atoms with Gasteiger partial charge in [0.15, 0.2) is 5.75 Å². The zero-order chi connectivity index (χ0) is 20.1. The van der Waals surface area contributed by atoms with Gasteiger partial charge < -0.3 is 9.47 Å². The van der Waals surface area contributed by atoms with Crippen LogP contribution in [0.2, 0.25) is 5.02 Å². The molecule has 0 radical (unpaired) electrons. The zero-order valence-corrected chi connectivity index (χ0v) is 17.2. The van der Waals surface area contributed by atoms with Gasteiger partial charge in [0.1, 0.15) is 6.61 Å². The second-order valence-corrected chi connectivity index (χ2v) is 7.08. The molecular formula is C20H16BrClN2O4. The van der Waals surface area contributed by atoms with Gasteiger partial charge in [0.2, 0.25) is 5.69 Å². The number of hydrogen-bond acceptors (Lipinski definition) is 5. The highest BCUT2D eigenvalue weighted by atomic mass is 79.9. The van der Waals surface area contributed by atoms with Crippen LogP contribution in [0, 0.1) is 0 Å². The number of aromatic nitrogens is 2. The van der Waals surface area contributed by atoms with E-state index in [1.165, 1.54) is 6.07 Å². The Bertz CT molecular complexity index is 1070. The highest BCUT2D eigenvalue weighted by Gasteiger charge is 2.20. The Kier molecular flexibility index (Phi) is 6.49. The summed E-state index contributed by atoms with van der Waals surface area (Å²) in [6.45, 7) is 1.98. The molecule has 1 aromatic heterocycles. The normalized spacial score (nSPS) is 10.5. The van der Waals surface area contributed by atoms with Gasteiger partial charge in [0, 0.05) is 9.50 Å².